The molecule has 0 saturated carbocycles. The van der Waals surface area contributed by atoms with E-state index in [4.69, 9.17) is 5.73 Å². The van der Waals surface area contributed by atoms with Crippen LogP contribution in [0.15, 0.2) is 30.3 Å². The SMILES string of the molecule is CC(N)C1CCCN(CCCCc2ccccc2)C1. The molecule has 106 valence electrons. The fraction of sp³-hybridized carbons (Fsp3) is 0.647. The van der Waals surface area contributed by atoms with Crippen molar-refractivity contribution in [3.05, 3.63) is 35.9 Å². The minimum atomic E-state index is 0.354. The fourth-order valence-corrected chi connectivity index (χ4v) is 3.03. The number of unbranched alkanes of at least 4 members (excludes halogenated alkanes) is 1. The lowest BCUT2D eigenvalue weighted by molar-refractivity contribution is 0.159. The molecule has 0 bridgehead atoms. The molecule has 2 heteroatoms. The van der Waals surface area contributed by atoms with E-state index in [0.717, 1.165) is 0 Å². The number of benzene rings is 1. The van der Waals surface area contributed by atoms with E-state index in [2.05, 4.69) is 42.2 Å². The van der Waals surface area contributed by atoms with Gasteiger partial charge in [-0.3, -0.25) is 0 Å². The van der Waals surface area contributed by atoms with Gasteiger partial charge in [-0.15, -0.1) is 0 Å². The zero-order valence-corrected chi connectivity index (χ0v) is 12.2. The third kappa shape index (κ3) is 4.96. The van der Waals surface area contributed by atoms with Gasteiger partial charge in [0.2, 0.25) is 0 Å². The molecule has 0 amide bonds. The van der Waals surface area contributed by atoms with Crippen LogP contribution in [-0.4, -0.2) is 30.6 Å². The molecule has 2 N–H and O–H groups in total. The summed E-state index contributed by atoms with van der Waals surface area (Å²) >= 11 is 0. The number of nitrogens with zero attached hydrogens (tertiary/aromatic N) is 1. The van der Waals surface area contributed by atoms with Crippen LogP contribution in [0.4, 0.5) is 0 Å². The monoisotopic (exact) mass is 260 g/mol. The Bertz CT molecular complexity index is 348. The van der Waals surface area contributed by atoms with Crippen LogP contribution >= 0.6 is 0 Å². The van der Waals surface area contributed by atoms with Crippen molar-refractivity contribution in [1.29, 1.82) is 0 Å². The Hall–Kier alpha value is -0.860. The van der Waals surface area contributed by atoms with Gasteiger partial charge in [-0.1, -0.05) is 30.3 Å². The van der Waals surface area contributed by atoms with Crippen LogP contribution in [0.2, 0.25) is 0 Å². The standard InChI is InChI=1S/C17H28N2/c1-15(18)17-11-7-13-19(14-17)12-6-5-10-16-8-3-2-4-9-16/h2-4,8-9,15,17H,5-7,10-14,18H2,1H3. The molecular formula is C17H28N2. The van der Waals surface area contributed by atoms with Gasteiger partial charge in [-0.05, 0) is 63.6 Å². The zero-order valence-electron chi connectivity index (χ0n) is 12.2. The Morgan fingerprint density at radius 2 is 2.05 bits per heavy atom. The van der Waals surface area contributed by atoms with Gasteiger partial charge < -0.3 is 10.6 Å². The maximum Gasteiger partial charge on any atom is 0.00509 e. The summed E-state index contributed by atoms with van der Waals surface area (Å²) in [6.45, 7) is 5.89. The highest BCUT2D eigenvalue weighted by Crippen LogP contribution is 2.19. The van der Waals surface area contributed by atoms with Crippen molar-refractivity contribution in [3.63, 3.8) is 0 Å². The number of hydrogen-bond acceptors (Lipinski definition) is 2. The van der Waals surface area contributed by atoms with Gasteiger partial charge in [0.15, 0.2) is 0 Å². The van der Waals surface area contributed by atoms with Crippen molar-refractivity contribution >= 4 is 0 Å². The molecule has 2 atom stereocenters. The summed E-state index contributed by atoms with van der Waals surface area (Å²) in [5, 5.41) is 0. The maximum absolute atomic E-state index is 6.03. The average Bonchev–Trinajstić information content (AvgIpc) is 2.45. The molecule has 0 aromatic heterocycles. The second-order valence-electron chi connectivity index (χ2n) is 6.00. The number of likely N-dealkylation sites (tertiary alicyclic amines) is 1. The van der Waals surface area contributed by atoms with Gasteiger partial charge in [0.1, 0.15) is 0 Å². The van der Waals surface area contributed by atoms with Crippen LogP contribution in [0.5, 0.6) is 0 Å². The minimum absolute atomic E-state index is 0.354. The molecule has 0 spiro atoms. The molecule has 19 heavy (non-hydrogen) atoms. The van der Waals surface area contributed by atoms with Crippen molar-refractivity contribution in [2.24, 2.45) is 11.7 Å². The van der Waals surface area contributed by atoms with Crippen molar-refractivity contribution in [1.82, 2.24) is 4.90 Å². The molecule has 0 radical (unpaired) electrons. The Kier molecular flexibility index (Phi) is 5.87. The van der Waals surface area contributed by atoms with Gasteiger partial charge in [-0.2, -0.15) is 0 Å². The summed E-state index contributed by atoms with van der Waals surface area (Å²) in [6.07, 6.45) is 6.46. The largest absolute Gasteiger partial charge is 0.328 e. The summed E-state index contributed by atoms with van der Waals surface area (Å²) in [5.74, 6) is 0.711. The summed E-state index contributed by atoms with van der Waals surface area (Å²) < 4.78 is 0. The van der Waals surface area contributed by atoms with E-state index in [-0.39, 0.29) is 0 Å². The van der Waals surface area contributed by atoms with E-state index in [1.165, 1.54) is 57.3 Å². The van der Waals surface area contributed by atoms with E-state index < -0.39 is 0 Å². The topological polar surface area (TPSA) is 29.3 Å². The van der Waals surface area contributed by atoms with Crippen LogP contribution in [0.25, 0.3) is 0 Å². The van der Waals surface area contributed by atoms with E-state index in [1.54, 1.807) is 0 Å². The minimum Gasteiger partial charge on any atom is -0.328 e. The third-order valence-corrected chi connectivity index (χ3v) is 4.32. The number of rotatable bonds is 6. The van der Waals surface area contributed by atoms with E-state index in [0.29, 0.717) is 12.0 Å². The lowest BCUT2D eigenvalue weighted by atomic mass is 9.92. The Balaban J connectivity index is 1.63. The third-order valence-electron chi connectivity index (χ3n) is 4.32. The molecule has 1 saturated heterocycles. The molecule has 2 unspecified atom stereocenters. The highest BCUT2D eigenvalue weighted by Gasteiger charge is 2.21. The van der Waals surface area contributed by atoms with E-state index >= 15 is 0 Å². The molecule has 1 heterocycles. The number of nitrogens with two attached hydrogens (primary N) is 1. The molecule has 0 aliphatic carbocycles. The highest BCUT2D eigenvalue weighted by molar-refractivity contribution is 5.14. The summed E-state index contributed by atoms with van der Waals surface area (Å²) in [4.78, 5) is 2.61. The molecule has 1 aliphatic heterocycles. The Morgan fingerprint density at radius 1 is 1.26 bits per heavy atom. The van der Waals surface area contributed by atoms with E-state index in [9.17, 15) is 0 Å². The number of aryl methyl sites for hydroxylation is 1. The lowest BCUT2D eigenvalue weighted by Gasteiger charge is -2.34. The maximum atomic E-state index is 6.03. The van der Waals surface area contributed by atoms with Crippen LogP contribution in [0, 0.1) is 5.92 Å². The summed E-state index contributed by atoms with van der Waals surface area (Å²) in [5.41, 5.74) is 7.50. The summed E-state index contributed by atoms with van der Waals surface area (Å²) in [7, 11) is 0. The molecule has 1 aromatic rings. The fourth-order valence-electron chi connectivity index (χ4n) is 3.03. The van der Waals surface area contributed by atoms with Gasteiger partial charge >= 0.3 is 0 Å². The molecule has 1 fully saturated rings. The van der Waals surface area contributed by atoms with Crippen LogP contribution in [0.1, 0.15) is 38.2 Å². The quantitative estimate of drug-likeness (QED) is 0.797. The van der Waals surface area contributed by atoms with E-state index in [1.807, 2.05) is 0 Å². The van der Waals surface area contributed by atoms with Crippen LogP contribution < -0.4 is 5.73 Å². The van der Waals surface area contributed by atoms with Gasteiger partial charge in [0.05, 0.1) is 0 Å². The first-order chi connectivity index (χ1) is 9.25. The molecule has 1 aromatic carbocycles. The number of hydrogen-bond donors (Lipinski definition) is 1. The predicted molar refractivity (Wildman–Crippen MR) is 82.2 cm³/mol. The summed E-state index contributed by atoms with van der Waals surface area (Å²) in [6, 6.07) is 11.2. The average molecular weight is 260 g/mol. The first-order valence-electron chi connectivity index (χ1n) is 7.77. The second kappa shape index (κ2) is 7.66. The Labute approximate surface area is 118 Å². The number of piperidine rings is 1. The Morgan fingerprint density at radius 3 is 2.79 bits per heavy atom. The van der Waals surface area contributed by atoms with Crippen molar-refractivity contribution in [2.75, 3.05) is 19.6 Å². The van der Waals surface area contributed by atoms with Gasteiger partial charge in [-0.25, -0.2) is 0 Å². The van der Waals surface area contributed by atoms with Crippen LogP contribution in [-0.2, 0) is 6.42 Å². The second-order valence-corrected chi connectivity index (χ2v) is 6.00. The molecule has 1 aliphatic rings. The first-order valence-corrected chi connectivity index (χ1v) is 7.77. The molecule has 2 nitrogen and oxygen atoms in total. The van der Waals surface area contributed by atoms with Crippen molar-refractivity contribution in [2.45, 2.75) is 45.1 Å². The van der Waals surface area contributed by atoms with Crippen molar-refractivity contribution < 1.29 is 0 Å². The van der Waals surface area contributed by atoms with Crippen LogP contribution in [0.3, 0.4) is 0 Å². The zero-order chi connectivity index (χ0) is 13.5. The lowest BCUT2D eigenvalue weighted by Crippen LogP contribution is -2.42. The predicted octanol–water partition coefficient (Wildman–Crippen LogP) is 3.07. The highest BCUT2D eigenvalue weighted by atomic mass is 15.1. The van der Waals surface area contributed by atoms with Crippen molar-refractivity contribution in [3.8, 4) is 0 Å². The molecule has 2 rings (SSSR count). The first kappa shape index (κ1) is 14.5. The van der Waals surface area contributed by atoms with Gasteiger partial charge in [0, 0.05) is 12.6 Å². The normalized spacial score (nSPS) is 22.3. The smallest absolute Gasteiger partial charge is 0.00509 e. The van der Waals surface area contributed by atoms with Gasteiger partial charge in [0.25, 0.3) is 0 Å². The molecular weight excluding hydrogens is 232 g/mol.